The van der Waals surface area contributed by atoms with Crippen molar-refractivity contribution in [3.63, 3.8) is 0 Å². The van der Waals surface area contributed by atoms with Gasteiger partial charge in [0.15, 0.2) is 0 Å². The molecule has 0 aromatic heterocycles. The number of nitriles is 1. The Morgan fingerprint density at radius 2 is 2.26 bits per heavy atom. The Morgan fingerprint density at radius 3 is 2.89 bits per heavy atom. The highest BCUT2D eigenvalue weighted by atomic mass is 16.2. The second kappa shape index (κ2) is 5.88. The van der Waals surface area contributed by atoms with E-state index in [2.05, 4.69) is 13.0 Å². The molecular weight excluding hydrogens is 236 g/mol. The van der Waals surface area contributed by atoms with E-state index in [0.29, 0.717) is 24.4 Å². The summed E-state index contributed by atoms with van der Waals surface area (Å²) in [6.07, 6.45) is 2.97. The van der Waals surface area contributed by atoms with Crippen molar-refractivity contribution in [3.05, 3.63) is 34.9 Å². The largest absolute Gasteiger partial charge is 0.338 e. The Labute approximate surface area is 114 Å². The lowest BCUT2D eigenvalue weighted by atomic mass is 10.0. The summed E-state index contributed by atoms with van der Waals surface area (Å²) in [5.41, 5.74) is 2.91. The minimum absolute atomic E-state index is 0.266. The molecule has 0 radical (unpaired) electrons. The maximum Gasteiger partial charge on any atom is 0.223 e. The van der Waals surface area contributed by atoms with Gasteiger partial charge in [-0.05, 0) is 42.5 Å². The zero-order valence-corrected chi connectivity index (χ0v) is 11.6. The van der Waals surface area contributed by atoms with Crippen molar-refractivity contribution in [2.24, 2.45) is 5.92 Å². The van der Waals surface area contributed by atoms with E-state index < -0.39 is 0 Å². The summed E-state index contributed by atoms with van der Waals surface area (Å²) in [6.45, 7) is 5.72. The number of carbonyl (C=O) groups excluding carboxylic acids is 1. The number of hydrogen-bond donors (Lipinski definition) is 0. The Kier molecular flexibility index (Phi) is 4.21. The lowest BCUT2D eigenvalue weighted by molar-refractivity contribution is -0.128. The van der Waals surface area contributed by atoms with Crippen LogP contribution in [0.5, 0.6) is 0 Å². The third-order valence-electron chi connectivity index (χ3n) is 3.82. The van der Waals surface area contributed by atoms with E-state index in [1.807, 2.05) is 30.0 Å². The summed E-state index contributed by atoms with van der Waals surface area (Å²) in [5.74, 6) is 0.790. The van der Waals surface area contributed by atoms with Gasteiger partial charge in [0.05, 0.1) is 11.6 Å². The average molecular weight is 256 g/mol. The van der Waals surface area contributed by atoms with Gasteiger partial charge in [0.2, 0.25) is 5.91 Å². The van der Waals surface area contributed by atoms with Crippen LogP contribution in [-0.4, -0.2) is 17.4 Å². The third kappa shape index (κ3) is 3.14. The highest BCUT2D eigenvalue weighted by molar-refractivity contribution is 5.78. The average Bonchev–Trinajstić information content (AvgIpc) is 2.73. The van der Waals surface area contributed by atoms with Crippen LogP contribution in [0.2, 0.25) is 0 Å². The van der Waals surface area contributed by atoms with Crippen LogP contribution in [0, 0.1) is 24.2 Å². The van der Waals surface area contributed by atoms with Crippen LogP contribution in [0.3, 0.4) is 0 Å². The highest BCUT2D eigenvalue weighted by Crippen LogP contribution is 2.24. The molecule has 1 aliphatic rings. The van der Waals surface area contributed by atoms with E-state index in [9.17, 15) is 4.79 Å². The molecule has 2 rings (SSSR count). The zero-order valence-electron chi connectivity index (χ0n) is 11.6. The number of carbonyl (C=O) groups is 1. The Balaban J connectivity index is 2.06. The zero-order chi connectivity index (χ0) is 13.8. The molecule has 1 aliphatic heterocycles. The van der Waals surface area contributed by atoms with Crippen LogP contribution in [0.4, 0.5) is 0 Å². The van der Waals surface area contributed by atoms with Crippen molar-refractivity contribution in [1.82, 2.24) is 4.90 Å². The fourth-order valence-electron chi connectivity index (χ4n) is 2.76. The predicted molar refractivity (Wildman–Crippen MR) is 74.3 cm³/mol. The first kappa shape index (κ1) is 13.6. The number of benzene rings is 1. The van der Waals surface area contributed by atoms with Crippen LogP contribution >= 0.6 is 0 Å². The van der Waals surface area contributed by atoms with E-state index in [0.717, 1.165) is 30.5 Å². The van der Waals surface area contributed by atoms with Crippen molar-refractivity contribution in [3.8, 4) is 6.07 Å². The maximum absolute atomic E-state index is 12.0. The molecule has 1 saturated heterocycles. The smallest absolute Gasteiger partial charge is 0.223 e. The molecule has 0 aliphatic carbocycles. The molecule has 1 atom stereocenters. The highest BCUT2D eigenvalue weighted by Gasteiger charge is 2.28. The SMILES string of the molecule is CCCC1CC(=O)N(Cc2ccc(C#N)cc2C)C1. The quantitative estimate of drug-likeness (QED) is 0.831. The van der Waals surface area contributed by atoms with Crippen molar-refractivity contribution in [2.45, 2.75) is 39.7 Å². The standard InChI is InChI=1S/C16H20N2O/c1-3-4-14-8-16(19)18(10-14)11-15-6-5-13(9-17)7-12(15)2/h5-7,14H,3-4,8,10-11H2,1-2H3. The molecule has 1 aromatic rings. The van der Waals surface area contributed by atoms with Gasteiger partial charge in [-0.3, -0.25) is 4.79 Å². The van der Waals surface area contributed by atoms with Gasteiger partial charge in [0.25, 0.3) is 0 Å². The number of amides is 1. The molecule has 0 bridgehead atoms. The molecule has 3 nitrogen and oxygen atoms in total. The van der Waals surface area contributed by atoms with Crippen molar-refractivity contribution < 1.29 is 4.79 Å². The monoisotopic (exact) mass is 256 g/mol. The number of hydrogen-bond acceptors (Lipinski definition) is 2. The van der Waals surface area contributed by atoms with E-state index in [-0.39, 0.29) is 5.91 Å². The molecule has 0 saturated carbocycles. The molecule has 0 N–H and O–H groups in total. The summed E-state index contributed by atoms with van der Waals surface area (Å²) >= 11 is 0. The van der Waals surface area contributed by atoms with Crippen molar-refractivity contribution >= 4 is 5.91 Å². The normalized spacial score (nSPS) is 18.7. The second-order valence-electron chi connectivity index (χ2n) is 5.39. The molecule has 1 unspecified atom stereocenters. The molecule has 3 heteroatoms. The van der Waals surface area contributed by atoms with Gasteiger partial charge in [-0.25, -0.2) is 0 Å². The van der Waals surface area contributed by atoms with Crippen LogP contribution in [0.15, 0.2) is 18.2 Å². The van der Waals surface area contributed by atoms with Gasteiger partial charge in [-0.1, -0.05) is 19.4 Å². The fraction of sp³-hybridized carbons (Fsp3) is 0.500. The van der Waals surface area contributed by atoms with Gasteiger partial charge in [-0.15, -0.1) is 0 Å². The Morgan fingerprint density at radius 1 is 1.47 bits per heavy atom. The summed E-state index contributed by atoms with van der Waals surface area (Å²) in [5, 5.41) is 8.86. The number of nitrogens with zero attached hydrogens (tertiary/aromatic N) is 2. The lowest BCUT2D eigenvalue weighted by Crippen LogP contribution is -2.25. The van der Waals surface area contributed by atoms with Gasteiger partial charge in [-0.2, -0.15) is 5.26 Å². The molecular formula is C16H20N2O. The van der Waals surface area contributed by atoms with Crippen LogP contribution in [0.1, 0.15) is 42.9 Å². The topological polar surface area (TPSA) is 44.1 Å². The fourth-order valence-corrected chi connectivity index (χ4v) is 2.76. The Bertz CT molecular complexity index is 516. The molecule has 1 aromatic carbocycles. The minimum atomic E-state index is 0.266. The maximum atomic E-state index is 12.0. The predicted octanol–water partition coefficient (Wildman–Crippen LogP) is 3.02. The van der Waals surface area contributed by atoms with Crippen LogP contribution < -0.4 is 0 Å². The lowest BCUT2D eigenvalue weighted by Gasteiger charge is -2.18. The molecule has 1 fully saturated rings. The number of rotatable bonds is 4. The number of aryl methyl sites for hydroxylation is 1. The van der Waals surface area contributed by atoms with E-state index in [1.54, 1.807) is 0 Å². The molecule has 1 amide bonds. The summed E-state index contributed by atoms with van der Waals surface area (Å²) in [4.78, 5) is 13.9. The summed E-state index contributed by atoms with van der Waals surface area (Å²) in [6, 6.07) is 7.82. The van der Waals surface area contributed by atoms with Gasteiger partial charge in [0.1, 0.15) is 0 Å². The van der Waals surface area contributed by atoms with Crippen LogP contribution in [-0.2, 0) is 11.3 Å². The second-order valence-corrected chi connectivity index (χ2v) is 5.39. The molecule has 100 valence electrons. The summed E-state index contributed by atoms with van der Waals surface area (Å²) < 4.78 is 0. The van der Waals surface area contributed by atoms with Gasteiger partial charge >= 0.3 is 0 Å². The number of likely N-dealkylation sites (tertiary alicyclic amines) is 1. The Hall–Kier alpha value is -1.82. The first-order valence-electron chi connectivity index (χ1n) is 6.91. The van der Waals surface area contributed by atoms with E-state index >= 15 is 0 Å². The van der Waals surface area contributed by atoms with Gasteiger partial charge in [0, 0.05) is 19.5 Å². The van der Waals surface area contributed by atoms with Crippen molar-refractivity contribution in [2.75, 3.05) is 6.54 Å². The van der Waals surface area contributed by atoms with Crippen LogP contribution in [0.25, 0.3) is 0 Å². The minimum Gasteiger partial charge on any atom is -0.338 e. The first-order chi connectivity index (χ1) is 9.13. The van der Waals surface area contributed by atoms with E-state index in [4.69, 9.17) is 5.26 Å². The third-order valence-corrected chi connectivity index (χ3v) is 3.82. The van der Waals surface area contributed by atoms with Gasteiger partial charge < -0.3 is 4.90 Å². The summed E-state index contributed by atoms with van der Waals surface area (Å²) in [7, 11) is 0. The van der Waals surface area contributed by atoms with Crippen molar-refractivity contribution in [1.29, 1.82) is 5.26 Å². The molecule has 1 heterocycles. The van der Waals surface area contributed by atoms with E-state index in [1.165, 1.54) is 0 Å². The molecule has 19 heavy (non-hydrogen) atoms. The molecule has 0 spiro atoms. The first-order valence-corrected chi connectivity index (χ1v) is 6.91.